The summed E-state index contributed by atoms with van der Waals surface area (Å²) in [5, 5.41) is 8.41. The Morgan fingerprint density at radius 1 is 1.16 bits per heavy atom. The maximum Gasteiger partial charge on any atom is 0.172 e. The van der Waals surface area contributed by atoms with Gasteiger partial charge in [0.05, 0.1) is 16.4 Å². The summed E-state index contributed by atoms with van der Waals surface area (Å²) < 4.78 is 2.57. The van der Waals surface area contributed by atoms with Crippen LogP contribution >= 0.6 is 27.5 Å². The Hall–Kier alpha value is -2.44. The summed E-state index contributed by atoms with van der Waals surface area (Å²) in [5.41, 5.74) is 3.28. The number of rotatable bonds is 3. The third kappa shape index (κ3) is 3.23. The molecule has 0 unspecified atom stereocenters. The van der Waals surface area contributed by atoms with Gasteiger partial charge in [-0.2, -0.15) is 9.61 Å². The van der Waals surface area contributed by atoms with Crippen molar-refractivity contribution in [3.8, 4) is 0 Å². The second-order valence-electron chi connectivity index (χ2n) is 5.42. The molecule has 3 aromatic heterocycles. The molecule has 0 aromatic carbocycles. The van der Waals surface area contributed by atoms with E-state index in [0.717, 1.165) is 33.7 Å². The fraction of sp³-hybridized carbons (Fsp3) is 0.0556. The smallest absolute Gasteiger partial charge is 0.172 e. The molecule has 4 rings (SSSR count). The summed E-state index contributed by atoms with van der Waals surface area (Å²) in [5.74, 6) is 0.787. The maximum absolute atomic E-state index is 6.44. The van der Waals surface area contributed by atoms with E-state index in [9.17, 15) is 0 Å². The molecule has 1 aliphatic rings. The minimum Gasteiger partial charge on any atom is -0.340 e. The first-order valence-corrected chi connectivity index (χ1v) is 8.84. The van der Waals surface area contributed by atoms with Crippen molar-refractivity contribution in [2.24, 2.45) is 0 Å². The lowest BCUT2D eigenvalue weighted by molar-refractivity contribution is 0.944. The van der Waals surface area contributed by atoms with Gasteiger partial charge >= 0.3 is 0 Å². The first-order valence-electron chi connectivity index (χ1n) is 7.67. The van der Waals surface area contributed by atoms with Crippen LogP contribution in [-0.4, -0.2) is 19.6 Å². The lowest BCUT2D eigenvalue weighted by Crippen LogP contribution is -2.04. The van der Waals surface area contributed by atoms with E-state index in [4.69, 9.17) is 16.6 Å². The summed E-state index contributed by atoms with van der Waals surface area (Å²) in [4.78, 5) is 8.77. The van der Waals surface area contributed by atoms with Gasteiger partial charge < -0.3 is 5.32 Å². The predicted molar refractivity (Wildman–Crippen MR) is 104 cm³/mol. The van der Waals surface area contributed by atoms with Crippen molar-refractivity contribution in [3.63, 3.8) is 0 Å². The molecule has 25 heavy (non-hydrogen) atoms. The van der Waals surface area contributed by atoms with Crippen molar-refractivity contribution in [1.29, 1.82) is 0 Å². The van der Waals surface area contributed by atoms with Crippen molar-refractivity contribution in [3.05, 3.63) is 76.3 Å². The van der Waals surface area contributed by atoms with Gasteiger partial charge in [0.1, 0.15) is 5.82 Å². The molecule has 0 saturated heterocycles. The number of hydrogen-bond donors (Lipinski definition) is 1. The lowest BCUT2D eigenvalue weighted by atomic mass is 10.1. The third-order valence-corrected chi connectivity index (χ3v) is 4.62. The van der Waals surface area contributed by atoms with Gasteiger partial charge in [0.2, 0.25) is 0 Å². The predicted octanol–water partition coefficient (Wildman–Crippen LogP) is 5.10. The third-order valence-electron chi connectivity index (χ3n) is 3.74. The molecule has 0 spiro atoms. The molecule has 7 heteroatoms. The molecule has 0 saturated carbocycles. The first kappa shape index (κ1) is 16.1. The van der Waals surface area contributed by atoms with Gasteiger partial charge in [-0.1, -0.05) is 29.8 Å². The monoisotopic (exact) mass is 413 g/mol. The van der Waals surface area contributed by atoms with Crippen molar-refractivity contribution >= 4 is 50.3 Å². The van der Waals surface area contributed by atoms with Crippen molar-refractivity contribution in [1.82, 2.24) is 19.6 Å². The lowest BCUT2D eigenvalue weighted by Gasteiger charge is -2.11. The molecule has 5 nitrogen and oxygen atoms in total. The first-order chi connectivity index (χ1) is 12.2. The Balaban J connectivity index is 1.89. The number of nitrogens with zero attached hydrogens (tertiary/aromatic N) is 4. The van der Waals surface area contributed by atoms with Crippen LogP contribution in [-0.2, 0) is 0 Å². The number of pyridine rings is 1. The van der Waals surface area contributed by atoms with Gasteiger partial charge in [0, 0.05) is 34.8 Å². The second kappa shape index (κ2) is 6.82. The van der Waals surface area contributed by atoms with E-state index >= 15 is 0 Å². The Bertz CT molecular complexity index is 1020. The average Bonchev–Trinajstić information content (AvgIpc) is 2.86. The molecule has 0 aliphatic heterocycles. The largest absolute Gasteiger partial charge is 0.340 e. The van der Waals surface area contributed by atoms with Crippen LogP contribution in [0.2, 0.25) is 0 Å². The molecule has 3 heterocycles. The summed E-state index contributed by atoms with van der Waals surface area (Å²) >= 11 is 9.95. The molecular formula is C18H13BrClN5. The van der Waals surface area contributed by atoms with Crippen LogP contribution in [0.25, 0.3) is 11.2 Å². The molecule has 3 aromatic rings. The molecule has 124 valence electrons. The van der Waals surface area contributed by atoms with E-state index in [2.05, 4.69) is 37.4 Å². The average molecular weight is 415 g/mol. The minimum absolute atomic E-state index is 0.663. The topological polar surface area (TPSA) is 55.1 Å². The standard InChI is InChI=1S/C18H13BrClN5/c19-14-11-22-25-17(23-12-6-8-21-9-7-12)10-16(24-18(14)25)13-4-2-1-3-5-15(13)20/h2-11H,1H2,(H,21,23). The van der Waals surface area contributed by atoms with Gasteiger partial charge in [0.15, 0.2) is 5.65 Å². The number of halogens is 2. The highest BCUT2D eigenvalue weighted by atomic mass is 79.9. The normalized spacial score (nSPS) is 14.2. The highest BCUT2D eigenvalue weighted by Gasteiger charge is 2.14. The quantitative estimate of drug-likeness (QED) is 0.648. The number of fused-ring (bicyclic) bond motifs is 1. The Morgan fingerprint density at radius 2 is 1.96 bits per heavy atom. The molecule has 1 aliphatic carbocycles. The van der Waals surface area contributed by atoms with Crippen molar-refractivity contribution in [2.45, 2.75) is 6.42 Å². The highest BCUT2D eigenvalue weighted by molar-refractivity contribution is 9.10. The maximum atomic E-state index is 6.44. The zero-order valence-electron chi connectivity index (χ0n) is 13.0. The van der Waals surface area contributed by atoms with E-state index in [-0.39, 0.29) is 0 Å². The molecule has 0 bridgehead atoms. The zero-order chi connectivity index (χ0) is 17.2. The Kier molecular flexibility index (Phi) is 4.38. The highest BCUT2D eigenvalue weighted by Crippen LogP contribution is 2.30. The number of aromatic nitrogens is 4. The zero-order valence-corrected chi connectivity index (χ0v) is 15.4. The number of nitrogens with one attached hydrogen (secondary N) is 1. The molecule has 0 atom stereocenters. The van der Waals surface area contributed by atoms with Gasteiger partial charge in [-0.25, -0.2) is 4.98 Å². The molecule has 0 fully saturated rings. The molecule has 0 radical (unpaired) electrons. The SMILES string of the molecule is ClC1=C(c2cc(Nc3ccncc3)n3ncc(Br)c3n2)C=CCC=C1. The van der Waals surface area contributed by atoms with E-state index in [1.54, 1.807) is 23.1 Å². The van der Waals surface area contributed by atoms with Crippen LogP contribution in [0.5, 0.6) is 0 Å². The summed E-state index contributed by atoms with van der Waals surface area (Å²) in [7, 11) is 0. The number of hydrogen-bond acceptors (Lipinski definition) is 4. The van der Waals surface area contributed by atoms with E-state index in [0.29, 0.717) is 10.7 Å². The van der Waals surface area contributed by atoms with Crippen LogP contribution in [0, 0.1) is 0 Å². The van der Waals surface area contributed by atoms with Crippen LogP contribution in [0.3, 0.4) is 0 Å². The fourth-order valence-electron chi connectivity index (χ4n) is 2.56. The van der Waals surface area contributed by atoms with Crippen molar-refractivity contribution < 1.29 is 0 Å². The summed E-state index contributed by atoms with van der Waals surface area (Å²) in [6.45, 7) is 0. The van der Waals surface area contributed by atoms with Gasteiger partial charge in [-0.15, -0.1) is 0 Å². The molecule has 0 amide bonds. The fourth-order valence-corrected chi connectivity index (χ4v) is 3.16. The van der Waals surface area contributed by atoms with Gasteiger partial charge in [-0.05, 0) is 40.6 Å². The Labute approximate surface area is 157 Å². The molecular weight excluding hydrogens is 402 g/mol. The van der Waals surface area contributed by atoms with Crippen LogP contribution in [0.1, 0.15) is 12.1 Å². The van der Waals surface area contributed by atoms with Crippen molar-refractivity contribution in [2.75, 3.05) is 5.32 Å². The van der Waals surface area contributed by atoms with Crippen LogP contribution < -0.4 is 5.32 Å². The van der Waals surface area contributed by atoms with Crippen LogP contribution in [0.15, 0.2) is 70.6 Å². The second-order valence-corrected chi connectivity index (χ2v) is 6.68. The van der Waals surface area contributed by atoms with Gasteiger partial charge in [0.25, 0.3) is 0 Å². The van der Waals surface area contributed by atoms with Crippen LogP contribution in [0.4, 0.5) is 11.5 Å². The van der Waals surface area contributed by atoms with Gasteiger partial charge in [-0.3, -0.25) is 4.98 Å². The Morgan fingerprint density at radius 3 is 2.80 bits per heavy atom. The molecule has 1 N–H and O–H groups in total. The summed E-state index contributed by atoms with van der Waals surface area (Å²) in [6, 6.07) is 5.73. The number of allylic oxidation sites excluding steroid dienone is 6. The summed E-state index contributed by atoms with van der Waals surface area (Å²) in [6.07, 6.45) is 14.0. The van der Waals surface area contributed by atoms with E-state index < -0.39 is 0 Å². The number of anilines is 2. The van der Waals surface area contributed by atoms with E-state index in [1.807, 2.05) is 36.4 Å². The van der Waals surface area contributed by atoms with E-state index in [1.165, 1.54) is 0 Å². The minimum atomic E-state index is 0.663.